The fourth-order valence-corrected chi connectivity index (χ4v) is 4.43. The van der Waals surface area contributed by atoms with E-state index in [1.807, 2.05) is 0 Å². The van der Waals surface area contributed by atoms with Gasteiger partial charge in [-0.15, -0.1) is 0 Å². The second-order valence-corrected chi connectivity index (χ2v) is 5.52. The molecule has 0 N–H and O–H groups in total. The van der Waals surface area contributed by atoms with Crippen LogP contribution in [-0.4, -0.2) is 29.8 Å². The SMILES string of the molecule is CC(=O)C1CC2C3CCC(C3)C2N1C. The van der Waals surface area contributed by atoms with Crippen LogP contribution in [0.3, 0.4) is 0 Å². The van der Waals surface area contributed by atoms with Crippen LogP contribution in [0.2, 0.25) is 0 Å². The molecule has 14 heavy (non-hydrogen) atoms. The highest BCUT2D eigenvalue weighted by atomic mass is 16.1. The summed E-state index contributed by atoms with van der Waals surface area (Å²) in [6.07, 6.45) is 5.45. The van der Waals surface area contributed by atoms with Gasteiger partial charge in [0.05, 0.1) is 6.04 Å². The summed E-state index contributed by atoms with van der Waals surface area (Å²) >= 11 is 0. The second-order valence-electron chi connectivity index (χ2n) is 5.52. The minimum absolute atomic E-state index is 0.244. The molecule has 1 aliphatic heterocycles. The zero-order chi connectivity index (χ0) is 9.87. The molecule has 0 aromatic carbocycles. The van der Waals surface area contributed by atoms with Crippen molar-refractivity contribution < 1.29 is 4.79 Å². The minimum atomic E-state index is 0.244. The van der Waals surface area contributed by atoms with Crippen LogP contribution in [-0.2, 0) is 4.79 Å². The fraction of sp³-hybridized carbons (Fsp3) is 0.917. The molecule has 2 heteroatoms. The van der Waals surface area contributed by atoms with Crippen molar-refractivity contribution in [2.45, 2.75) is 44.7 Å². The maximum absolute atomic E-state index is 11.5. The zero-order valence-corrected chi connectivity index (χ0v) is 9.07. The van der Waals surface area contributed by atoms with Crippen molar-refractivity contribution in [1.29, 1.82) is 0 Å². The Labute approximate surface area is 85.7 Å². The molecule has 2 saturated carbocycles. The van der Waals surface area contributed by atoms with Crippen LogP contribution in [0.1, 0.15) is 32.6 Å². The van der Waals surface area contributed by atoms with Gasteiger partial charge in [-0.05, 0) is 57.4 Å². The van der Waals surface area contributed by atoms with Gasteiger partial charge >= 0.3 is 0 Å². The molecule has 3 fully saturated rings. The van der Waals surface area contributed by atoms with Crippen molar-refractivity contribution in [3.8, 4) is 0 Å². The molecule has 0 aromatic rings. The van der Waals surface area contributed by atoms with Crippen LogP contribution in [0, 0.1) is 17.8 Å². The Morgan fingerprint density at radius 1 is 1.21 bits per heavy atom. The van der Waals surface area contributed by atoms with Crippen molar-refractivity contribution in [3.05, 3.63) is 0 Å². The molecule has 5 atom stereocenters. The van der Waals surface area contributed by atoms with E-state index in [1.165, 1.54) is 19.3 Å². The lowest BCUT2D eigenvalue weighted by Gasteiger charge is -2.30. The predicted octanol–water partition coefficient (Wildman–Crippen LogP) is 1.69. The summed E-state index contributed by atoms with van der Waals surface area (Å²) in [7, 11) is 2.16. The Kier molecular flexibility index (Phi) is 1.79. The van der Waals surface area contributed by atoms with E-state index in [-0.39, 0.29) is 6.04 Å². The summed E-state index contributed by atoms with van der Waals surface area (Å²) < 4.78 is 0. The molecule has 2 nitrogen and oxygen atoms in total. The number of likely N-dealkylation sites (tertiary alicyclic amines) is 1. The van der Waals surface area contributed by atoms with E-state index >= 15 is 0 Å². The second kappa shape index (κ2) is 2.82. The fourth-order valence-electron chi connectivity index (χ4n) is 4.43. The molecule has 0 radical (unpaired) electrons. The van der Waals surface area contributed by atoms with Gasteiger partial charge in [0.25, 0.3) is 0 Å². The molecule has 2 bridgehead atoms. The van der Waals surface area contributed by atoms with E-state index in [0.717, 1.165) is 30.2 Å². The highest BCUT2D eigenvalue weighted by Crippen LogP contribution is 2.55. The first-order chi connectivity index (χ1) is 6.68. The Hall–Kier alpha value is -0.370. The van der Waals surface area contributed by atoms with Gasteiger partial charge in [-0.2, -0.15) is 0 Å². The molecule has 3 rings (SSSR count). The lowest BCUT2D eigenvalue weighted by Crippen LogP contribution is -2.40. The van der Waals surface area contributed by atoms with Crippen molar-refractivity contribution >= 4 is 5.78 Å². The summed E-state index contributed by atoms with van der Waals surface area (Å²) in [5.41, 5.74) is 0. The molecular formula is C12H19NO. The van der Waals surface area contributed by atoms with Crippen LogP contribution in [0.25, 0.3) is 0 Å². The summed E-state index contributed by atoms with van der Waals surface area (Å²) in [6, 6.07) is 0.996. The molecule has 2 aliphatic carbocycles. The van der Waals surface area contributed by atoms with Crippen LogP contribution < -0.4 is 0 Å². The molecule has 0 spiro atoms. The van der Waals surface area contributed by atoms with Crippen LogP contribution >= 0.6 is 0 Å². The normalized spacial score (nSPS) is 51.1. The number of carbonyl (C=O) groups excluding carboxylic acids is 1. The lowest BCUT2D eigenvalue weighted by atomic mass is 9.84. The molecule has 1 saturated heterocycles. The van der Waals surface area contributed by atoms with E-state index < -0.39 is 0 Å². The van der Waals surface area contributed by atoms with Crippen molar-refractivity contribution in [2.75, 3.05) is 7.05 Å². The topological polar surface area (TPSA) is 20.3 Å². The van der Waals surface area contributed by atoms with E-state index in [4.69, 9.17) is 0 Å². The van der Waals surface area contributed by atoms with Gasteiger partial charge in [-0.3, -0.25) is 9.69 Å². The molecule has 5 unspecified atom stereocenters. The first-order valence-corrected chi connectivity index (χ1v) is 5.91. The van der Waals surface area contributed by atoms with Gasteiger partial charge in [0.1, 0.15) is 5.78 Å². The maximum atomic E-state index is 11.5. The molecule has 3 aliphatic rings. The average Bonchev–Trinajstić information content (AvgIpc) is 2.75. The Morgan fingerprint density at radius 2 is 1.93 bits per heavy atom. The minimum Gasteiger partial charge on any atom is -0.298 e. The van der Waals surface area contributed by atoms with Crippen LogP contribution in [0.4, 0.5) is 0 Å². The zero-order valence-electron chi connectivity index (χ0n) is 9.07. The third-order valence-electron chi connectivity index (χ3n) is 4.97. The number of rotatable bonds is 1. The van der Waals surface area contributed by atoms with Crippen LogP contribution in [0.15, 0.2) is 0 Å². The van der Waals surface area contributed by atoms with Crippen LogP contribution in [0.5, 0.6) is 0 Å². The largest absolute Gasteiger partial charge is 0.298 e. The molecular weight excluding hydrogens is 174 g/mol. The number of fused-ring (bicyclic) bond motifs is 5. The third kappa shape index (κ3) is 0.979. The lowest BCUT2D eigenvalue weighted by molar-refractivity contribution is -0.121. The van der Waals surface area contributed by atoms with E-state index in [1.54, 1.807) is 6.92 Å². The van der Waals surface area contributed by atoms with Crippen molar-refractivity contribution in [3.63, 3.8) is 0 Å². The summed E-state index contributed by atoms with van der Waals surface area (Å²) in [5.74, 6) is 3.10. The van der Waals surface area contributed by atoms with Crippen molar-refractivity contribution in [1.82, 2.24) is 4.90 Å². The number of likely N-dealkylation sites (N-methyl/N-ethyl adjacent to an activating group) is 1. The highest BCUT2D eigenvalue weighted by Gasteiger charge is 2.55. The highest BCUT2D eigenvalue weighted by molar-refractivity contribution is 5.81. The number of carbonyl (C=O) groups is 1. The van der Waals surface area contributed by atoms with Gasteiger partial charge in [-0.1, -0.05) is 0 Å². The maximum Gasteiger partial charge on any atom is 0.146 e. The van der Waals surface area contributed by atoms with E-state index in [2.05, 4.69) is 11.9 Å². The Balaban J connectivity index is 1.86. The predicted molar refractivity (Wildman–Crippen MR) is 55.0 cm³/mol. The number of hydrogen-bond donors (Lipinski definition) is 0. The molecule has 1 heterocycles. The smallest absolute Gasteiger partial charge is 0.146 e. The Morgan fingerprint density at radius 3 is 2.57 bits per heavy atom. The average molecular weight is 193 g/mol. The van der Waals surface area contributed by atoms with Gasteiger partial charge < -0.3 is 0 Å². The first kappa shape index (κ1) is 8.90. The number of ketones is 1. The number of hydrogen-bond acceptors (Lipinski definition) is 2. The van der Waals surface area contributed by atoms with Gasteiger partial charge in [-0.25, -0.2) is 0 Å². The van der Waals surface area contributed by atoms with E-state index in [0.29, 0.717) is 5.78 Å². The third-order valence-corrected chi connectivity index (χ3v) is 4.97. The van der Waals surface area contributed by atoms with Gasteiger partial charge in [0.2, 0.25) is 0 Å². The monoisotopic (exact) mass is 193 g/mol. The number of Topliss-reactive ketones (excluding diaryl/α,β-unsaturated/α-hetero) is 1. The summed E-state index contributed by atoms with van der Waals surface area (Å²) in [5, 5.41) is 0. The summed E-state index contributed by atoms with van der Waals surface area (Å²) in [4.78, 5) is 13.9. The Bertz CT molecular complexity index is 275. The van der Waals surface area contributed by atoms with Crippen molar-refractivity contribution in [2.24, 2.45) is 17.8 Å². The summed E-state index contributed by atoms with van der Waals surface area (Å²) in [6.45, 7) is 1.75. The molecule has 0 amide bonds. The van der Waals surface area contributed by atoms with Gasteiger partial charge in [0, 0.05) is 6.04 Å². The first-order valence-electron chi connectivity index (χ1n) is 5.91. The van der Waals surface area contributed by atoms with Gasteiger partial charge in [0.15, 0.2) is 0 Å². The number of nitrogens with zero attached hydrogens (tertiary/aromatic N) is 1. The molecule has 0 aromatic heterocycles. The standard InChI is InChI=1S/C12H19NO/c1-7(14)11-6-10-8-3-4-9(5-8)12(10)13(11)2/h8-12H,3-6H2,1-2H3. The quantitative estimate of drug-likeness (QED) is 0.631. The molecule has 78 valence electrons. The van der Waals surface area contributed by atoms with E-state index in [9.17, 15) is 4.79 Å².